The van der Waals surface area contributed by atoms with Crippen molar-refractivity contribution >= 4 is 26.2 Å². The van der Waals surface area contributed by atoms with Crippen molar-refractivity contribution in [3.05, 3.63) is 24.3 Å². The molecule has 0 fully saturated rings. The van der Waals surface area contributed by atoms with Gasteiger partial charge in [-0.15, -0.1) is 9.24 Å². The summed E-state index contributed by atoms with van der Waals surface area (Å²) in [4.78, 5) is 10.2. The molecule has 0 aliphatic heterocycles. The summed E-state index contributed by atoms with van der Waals surface area (Å²) >= 11 is 0. The molecule has 0 spiro atoms. The Morgan fingerprint density at radius 2 is 2.00 bits per heavy atom. The Morgan fingerprint density at radius 1 is 1.40 bits per heavy atom. The summed E-state index contributed by atoms with van der Waals surface area (Å²) in [7, 11) is 2.60. The van der Waals surface area contributed by atoms with Gasteiger partial charge in [0.25, 0.3) is 0 Å². The highest BCUT2D eigenvalue weighted by Crippen LogP contribution is 2.06. The fraction of sp³-hybridized carbons (Fsp3) is 0.364. The van der Waals surface area contributed by atoms with E-state index in [-0.39, 0.29) is 6.42 Å². The van der Waals surface area contributed by atoms with Crippen LogP contribution in [0, 0.1) is 0 Å². The van der Waals surface area contributed by atoms with Gasteiger partial charge in [0, 0.05) is 12.2 Å². The topological polar surface area (TPSA) is 49.3 Å². The molecule has 0 heterocycles. The van der Waals surface area contributed by atoms with Crippen LogP contribution in [0.25, 0.3) is 0 Å². The first-order valence-corrected chi connectivity index (χ1v) is 5.58. The Kier molecular flexibility index (Phi) is 7.65. The Hall–Kier alpha value is -1.08. The van der Waals surface area contributed by atoms with E-state index in [4.69, 9.17) is 5.11 Å². The number of benzene rings is 1. The number of carboxylic acids is 1. The van der Waals surface area contributed by atoms with Crippen LogP contribution >= 0.6 is 9.24 Å². The zero-order valence-electron chi connectivity index (χ0n) is 9.16. The second-order valence-corrected chi connectivity index (χ2v) is 3.28. The zero-order valence-corrected chi connectivity index (χ0v) is 10.3. The van der Waals surface area contributed by atoms with E-state index in [0.29, 0.717) is 6.54 Å². The average Bonchev–Trinajstić information content (AvgIpc) is 2.23. The monoisotopic (exact) mass is 227 g/mol. The van der Waals surface area contributed by atoms with Crippen LogP contribution in [0.4, 0.5) is 5.69 Å². The molecule has 1 aromatic carbocycles. The number of carboxylic acid groups (broad SMARTS) is 1. The van der Waals surface area contributed by atoms with Crippen LogP contribution in [0.5, 0.6) is 0 Å². The van der Waals surface area contributed by atoms with Crippen LogP contribution in [-0.4, -0.2) is 17.6 Å². The highest BCUT2D eigenvalue weighted by Gasteiger charge is 1.98. The second kappa shape index (κ2) is 8.25. The third kappa shape index (κ3) is 6.08. The van der Waals surface area contributed by atoms with Crippen molar-refractivity contribution in [1.29, 1.82) is 0 Å². The molecule has 15 heavy (non-hydrogen) atoms. The molecule has 84 valence electrons. The molecule has 0 saturated carbocycles. The van der Waals surface area contributed by atoms with Gasteiger partial charge in [-0.1, -0.05) is 32.0 Å². The van der Waals surface area contributed by atoms with Crippen molar-refractivity contribution < 1.29 is 9.90 Å². The molecule has 4 heteroatoms. The van der Waals surface area contributed by atoms with E-state index in [1.54, 1.807) is 0 Å². The van der Waals surface area contributed by atoms with Gasteiger partial charge in [0.15, 0.2) is 0 Å². The lowest BCUT2D eigenvalue weighted by atomic mass is 10.3. The fourth-order valence-corrected chi connectivity index (χ4v) is 1.27. The van der Waals surface area contributed by atoms with E-state index >= 15 is 0 Å². The summed E-state index contributed by atoms with van der Waals surface area (Å²) in [6.45, 7) is 4.46. The lowest BCUT2D eigenvalue weighted by molar-refractivity contribution is -0.136. The summed E-state index contributed by atoms with van der Waals surface area (Å²) in [5, 5.41) is 12.5. The van der Waals surface area contributed by atoms with E-state index in [1.165, 1.54) is 0 Å². The smallest absolute Gasteiger partial charge is 0.305 e. The molecule has 0 saturated heterocycles. The zero-order chi connectivity index (χ0) is 11.7. The number of nitrogens with one attached hydrogen (secondary N) is 1. The van der Waals surface area contributed by atoms with Crippen molar-refractivity contribution in [2.75, 3.05) is 11.9 Å². The van der Waals surface area contributed by atoms with E-state index in [2.05, 4.69) is 14.6 Å². The summed E-state index contributed by atoms with van der Waals surface area (Å²) in [5.74, 6) is -0.784. The first-order chi connectivity index (χ1) is 7.20. The maximum Gasteiger partial charge on any atom is 0.305 e. The van der Waals surface area contributed by atoms with Gasteiger partial charge in [-0.05, 0) is 11.4 Å². The Labute approximate surface area is 93.1 Å². The molecule has 1 aromatic rings. The predicted octanol–water partition coefficient (Wildman–Crippen LogP) is 2.10. The molecular formula is C11H18NO2P. The number of rotatable bonds is 4. The maximum absolute atomic E-state index is 10.2. The maximum atomic E-state index is 10.2. The minimum Gasteiger partial charge on any atom is -0.481 e. The number of aliphatic carboxylic acids is 1. The van der Waals surface area contributed by atoms with Gasteiger partial charge in [0.05, 0.1) is 6.42 Å². The number of para-hydroxylation sites is 1. The number of hydrogen-bond acceptors (Lipinski definition) is 2. The van der Waals surface area contributed by atoms with Crippen LogP contribution in [0.15, 0.2) is 24.3 Å². The van der Waals surface area contributed by atoms with Crippen molar-refractivity contribution in [1.82, 2.24) is 0 Å². The molecule has 0 radical (unpaired) electrons. The summed E-state index contributed by atoms with van der Waals surface area (Å²) in [6, 6.07) is 7.72. The third-order valence-electron chi connectivity index (χ3n) is 1.62. The van der Waals surface area contributed by atoms with Crippen LogP contribution in [0.1, 0.15) is 20.3 Å². The normalized spacial score (nSPS) is 8.73. The molecule has 0 bridgehead atoms. The molecule has 1 rings (SSSR count). The molecule has 0 aliphatic rings. The van der Waals surface area contributed by atoms with Crippen molar-refractivity contribution in [3.63, 3.8) is 0 Å². The molecule has 0 aliphatic carbocycles. The second-order valence-electron chi connectivity index (χ2n) is 2.66. The summed E-state index contributed by atoms with van der Waals surface area (Å²) in [6.07, 6.45) is 0.138. The number of carbonyl (C=O) groups is 1. The quantitative estimate of drug-likeness (QED) is 0.774. The van der Waals surface area contributed by atoms with E-state index in [1.807, 2.05) is 38.1 Å². The molecular weight excluding hydrogens is 209 g/mol. The first kappa shape index (κ1) is 13.9. The number of anilines is 1. The largest absolute Gasteiger partial charge is 0.481 e. The Balaban J connectivity index is 0.000000921. The Morgan fingerprint density at radius 3 is 2.53 bits per heavy atom. The highest BCUT2D eigenvalue weighted by atomic mass is 31.0. The lowest BCUT2D eigenvalue weighted by Gasteiger charge is -2.06. The van der Waals surface area contributed by atoms with Gasteiger partial charge in [0.2, 0.25) is 0 Å². The molecule has 2 N–H and O–H groups in total. The van der Waals surface area contributed by atoms with Gasteiger partial charge in [0.1, 0.15) is 0 Å². The van der Waals surface area contributed by atoms with Gasteiger partial charge in [-0.3, -0.25) is 4.79 Å². The molecule has 1 unspecified atom stereocenters. The summed E-state index contributed by atoms with van der Waals surface area (Å²) < 4.78 is 0. The van der Waals surface area contributed by atoms with Crippen molar-refractivity contribution in [2.24, 2.45) is 0 Å². The third-order valence-corrected chi connectivity index (χ3v) is 2.12. The van der Waals surface area contributed by atoms with Crippen LogP contribution in [-0.2, 0) is 4.79 Å². The highest BCUT2D eigenvalue weighted by molar-refractivity contribution is 7.28. The minimum atomic E-state index is -0.784. The van der Waals surface area contributed by atoms with E-state index < -0.39 is 5.97 Å². The molecule has 0 aromatic heterocycles. The van der Waals surface area contributed by atoms with Crippen LogP contribution in [0.2, 0.25) is 0 Å². The van der Waals surface area contributed by atoms with Gasteiger partial charge in [-0.25, -0.2) is 0 Å². The van der Waals surface area contributed by atoms with Gasteiger partial charge >= 0.3 is 5.97 Å². The van der Waals surface area contributed by atoms with E-state index in [0.717, 1.165) is 11.0 Å². The fourth-order valence-electron chi connectivity index (χ4n) is 0.962. The standard InChI is InChI=1S/C9H12NO2P.C2H6/c11-9(12)5-6-10-7-3-1-2-4-8(7)13;1-2/h1-4,10H,5-6,13H2,(H,11,12);1-2H3. The van der Waals surface area contributed by atoms with Gasteiger partial charge < -0.3 is 10.4 Å². The molecule has 1 atom stereocenters. The van der Waals surface area contributed by atoms with Crippen molar-refractivity contribution in [3.8, 4) is 0 Å². The minimum absolute atomic E-state index is 0.138. The van der Waals surface area contributed by atoms with Crippen LogP contribution in [0.3, 0.4) is 0 Å². The summed E-state index contributed by atoms with van der Waals surface area (Å²) in [5.41, 5.74) is 0.966. The molecule has 3 nitrogen and oxygen atoms in total. The van der Waals surface area contributed by atoms with E-state index in [9.17, 15) is 4.79 Å². The number of hydrogen-bond donors (Lipinski definition) is 2. The van der Waals surface area contributed by atoms with Crippen molar-refractivity contribution in [2.45, 2.75) is 20.3 Å². The SMILES string of the molecule is CC.O=C(O)CCNc1ccccc1P. The first-order valence-electron chi connectivity index (χ1n) is 5.00. The van der Waals surface area contributed by atoms with Gasteiger partial charge in [-0.2, -0.15) is 0 Å². The molecule has 0 amide bonds. The lowest BCUT2D eigenvalue weighted by Crippen LogP contribution is -2.11. The predicted molar refractivity (Wildman–Crippen MR) is 67.9 cm³/mol. The Bertz CT molecular complexity index is 302. The average molecular weight is 227 g/mol. The van der Waals surface area contributed by atoms with Crippen LogP contribution < -0.4 is 10.6 Å².